The number of imidazole rings is 2. The molecule has 3 aromatic rings. The second-order valence-electron chi connectivity index (χ2n) is 3.49. The Balaban J connectivity index is 2.58. The van der Waals surface area contributed by atoms with Crippen molar-refractivity contribution in [2.45, 2.75) is 0 Å². The second kappa shape index (κ2) is 2.35. The van der Waals surface area contributed by atoms with Crippen molar-refractivity contribution in [1.82, 2.24) is 9.13 Å². The molecular weight excluding hydrogens is 176 g/mol. The zero-order chi connectivity index (χ0) is 9.71. The number of rotatable bonds is 0. The van der Waals surface area contributed by atoms with Crippen molar-refractivity contribution in [2.24, 2.45) is 14.1 Å². The number of aromatic nitrogens is 4. The SMILES string of the molecule is Cn1[c-][n+]2c(ccc3cn(C)[c-][n+]32)c1. The standard InChI is InChI=1S/C10H10N4/c1-11-5-9-3-4-10-6-12(2)8-14(10)13(9)7-11/h3-6H,1-2H3. The lowest BCUT2D eigenvalue weighted by atomic mass is 10.4. The summed E-state index contributed by atoms with van der Waals surface area (Å²) in [5.74, 6) is 0. The minimum Gasteiger partial charge on any atom is -0.350 e. The van der Waals surface area contributed by atoms with Gasteiger partial charge in [-0.1, -0.05) is 12.1 Å². The molecule has 0 spiro atoms. The minimum atomic E-state index is 1.10. The van der Waals surface area contributed by atoms with Gasteiger partial charge in [0.05, 0.1) is 25.1 Å². The molecule has 0 amide bonds. The Morgan fingerprint density at radius 3 is 1.79 bits per heavy atom. The van der Waals surface area contributed by atoms with Gasteiger partial charge in [0.15, 0.2) is 0 Å². The van der Waals surface area contributed by atoms with Gasteiger partial charge in [0.1, 0.15) is 0 Å². The number of aryl methyl sites for hydroxylation is 2. The van der Waals surface area contributed by atoms with Crippen LogP contribution in [0.2, 0.25) is 0 Å². The predicted molar refractivity (Wildman–Crippen MR) is 48.4 cm³/mol. The molecule has 0 aliphatic rings. The number of hydrogen-bond acceptors (Lipinski definition) is 0. The summed E-state index contributed by atoms with van der Waals surface area (Å²) >= 11 is 0. The Morgan fingerprint density at radius 2 is 1.36 bits per heavy atom. The van der Waals surface area contributed by atoms with Crippen molar-refractivity contribution in [3.63, 3.8) is 0 Å². The van der Waals surface area contributed by atoms with Crippen molar-refractivity contribution in [1.29, 1.82) is 0 Å². The monoisotopic (exact) mass is 186 g/mol. The van der Waals surface area contributed by atoms with Gasteiger partial charge in [-0.2, -0.15) is 9.03 Å². The average molecular weight is 186 g/mol. The van der Waals surface area contributed by atoms with Gasteiger partial charge in [0.25, 0.3) is 0 Å². The molecule has 3 aromatic heterocycles. The van der Waals surface area contributed by atoms with Crippen LogP contribution in [0.3, 0.4) is 0 Å². The number of hydrogen-bond donors (Lipinski definition) is 0. The Kier molecular flexibility index (Phi) is 1.27. The maximum atomic E-state index is 3.17. The van der Waals surface area contributed by atoms with Gasteiger partial charge in [-0.25, -0.2) is 0 Å². The lowest BCUT2D eigenvalue weighted by molar-refractivity contribution is -1.11. The summed E-state index contributed by atoms with van der Waals surface area (Å²) in [6.07, 6.45) is 10.4. The maximum Gasteiger partial charge on any atom is 0.246 e. The molecule has 70 valence electrons. The smallest absolute Gasteiger partial charge is 0.246 e. The fourth-order valence-electron chi connectivity index (χ4n) is 1.70. The van der Waals surface area contributed by atoms with E-state index in [2.05, 4.69) is 24.8 Å². The third-order valence-electron chi connectivity index (χ3n) is 2.27. The molecule has 0 atom stereocenters. The molecule has 0 aliphatic carbocycles. The molecule has 0 saturated carbocycles. The fraction of sp³-hybridized carbons (Fsp3) is 0.200. The summed E-state index contributed by atoms with van der Waals surface area (Å²) in [6, 6.07) is 4.14. The summed E-state index contributed by atoms with van der Waals surface area (Å²) in [5, 5.41) is 0. The van der Waals surface area contributed by atoms with Gasteiger partial charge >= 0.3 is 0 Å². The third kappa shape index (κ3) is 0.878. The van der Waals surface area contributed by atoms with E-state index in [0.29, 0.717) is 0 Å². The molecule has 14 heavy (non-hydrogen) atoms. The van der Waals surface area contributed by atoms with Crippen molar-refractivity contribution in [2.75, 3.05) is 0 Å². The van der Waals surface area contributed by atoms with E-state index < -0.39 is 0 Å². The van der Waals surface area contributed by atoms with Crippen molar-refractivity contribution >= 4 is 11.0 Å². The molecule has 0 N–H and O–H groups in total. The fourth-order valence-corrected chi connectivity index (χ4v) is 1.70. The van der Waals surface area contributed by atoms with Crippen LogP contribution in [0.15, 0.2) is 24.5 Å². The van der Waals surface area contributed by atoms with E-state index in [9.17, 15) is 0 Å². The quantitative estimate of drug-likeness (QED) is 0.331. The first-order valence-electron chi connectivity index (χ1n) is 4.44. The topological polar surface area (TPSA) is 18.1 Å². The molecule has 0 unspecified atom stereocenters. The highest BCUT2D eigenvalue weighted by Gasteiger charge is 2.01. The normalized spacial score (nSPS) is 11.6. The highest BCUT2D eigenvalue weighted by Crippen LogP contribution is 1.97. The number of fused-ring (bicyclic) bond motifs is 3. The predicted octanol–water partition coefficient (Wildman–Crippen LogP) is -0.559. The van der Waals surface area contributed by atoms with Crippen LogP contribution in [0.4, 0.5) is 0 Å². The van der Waals surface area contributed by atoms with Crippen LogP contribution < -0.4 is 9.03 Å². The van der Waals surface area contributed by atoms with Crippen LogP contribution in [0, 0.1) is 12.7 Å². The average Bonchev–Trinajstić information content (AvgIpc) is 2.65. The van der Waals surface area contributed by atoms with E-state index in [1.165, 1.54) is 0 Å². The Morgan fingerprint density at radius 1 is 0.929 bits per heavy atom. The van der Waals surface area contributed by atoms with Gasteiger partial charge in [0.2, 0.25) is 12.7 Å². The van der Waals surface area contributed by atoms with Crippen molar-refractivity contribution in [3.8, 4) is 0 Å². The first kappa shape index (κ1) is 7.55. The summed E-state index contributed by atoms with van der Waals surface area (Å²) in [4.78, 5) is 0. The van der Waals surface area contributed by atoms with Crippen LogP contribution in [0.25, 0.3) is 11.0 Å². The molecule has 0 aliphatic heterocycles. The van der Waals surface area contributed by atoms with Gasteiger partial charge in [0, 0.05) is 0 Å². The summed E-state index contributed by atoms with van der Waals surface area (Å²) in [7, 11) is 3.92. The molecule has 4 heteroatoms. The minimum absolute atomic E-state index is 1.10. The van der Waals surface area contributed by atoms with Crippen LogP contribution in [-0.2, 0) is 14.1 Å². The van der Waals surface area contributed by atoms with Crippen LogP contribution >= 0.6 is 0 Å². The van der Waals surface area contributed by atoms with E-state index in [0.717, 1.165) is 11.0 Å². The molecule has 4 nitrogen and oxygen atoms in total. The van der Waals surface area contributed by atoms with Crippen molar-refractivity contribution < 1.29 is 9.03 Å². The van der Waals surface area contributed by atoms with Crippen LogP contribution in [-0.4, -0.2) is 9.13 Å². The van der Waals surface area contributed by atoms with E-state index in [1.807, 2.05) is 44.7 Å². The van der Waals surface area contributed by atoms with Crippen LogP contribution in [0.5, 0.6) is 0 Å². The van der Waals surface area contributed by atoms with Gasteiger partial charge in [-0.3, -0.25) is 0 Å². The summed E-state index contributed by atoms with van der Waals surface area (Å²) in [6.45, 7) is 0. The van der Waals surface area contributed by atoms with Gasteiger partial charge in [-0.05, 0) is 12.4 Å². The van der Waals surface area contributed by atoms with Crippen molar-refractivity contribution in [3.05, 3.63) is 37.2 Å². The molecule has 3 rings (SSSR count). The van der Waals surface area contributed by atoms with E-state index in [-0.39, 0.29) is 0 Å². The lowest BCUT2D eigenvalue weighted by Crippen LogP contribution is -2.52. The maximum absolute atomic E-state index is 3.17. The zero-order valence-corrected chi connectivity index (χ0v) is 8.10. The van der Waals surface area contributed by atoms with Gasteiger partial charge < -0.3 is 9.13 Å². The molecule has 3 heterocycles. The Bertz CT molecular complexity index is 562. The van der Waals surface area contributed by atoms with E-state index in [1.54, 1.807) is 0 Å². The summed E-state index contributed by atoms with van der Waals surface area (Å²) < 4.78 is 7.69. The summed E-state index contributed by atoms with van der Waals surface area (Å²) in [5.41, 5.74) is 2.21. The molecule has 0 radical (unpaired) electrons. The first-order chi connectivity index (χ1) is 6.74. The third-order valence-corrected chi connectivity index (χ3v) is 2.27. The van der Waals surface area contributed by atoms with Gasteiger partial charge in [-0.15, -0.1) is 0 Å². The van der Waals surface area contributed by atoms with E-state index >= 15 is 0 Å². The number of nitrogens with zero attached hydrogens (tertiary/aromatic N) is 4. The van der Waals surface area contributed by atoms with Crippen LogP contribution in [0.1, 0.15) is 0 Å². The largest absolute Gasteiger partial charge is 0.350 e. The zero-order valence-electron chi connectivity index (χ0n) is 8.10. The molecule has 0 saturated heterocycles. The second-order valence-corrected chi connectivity index (χ2v) is 3.49. The highest BCUT2D eigenvalue weighted by molar-refractivity contribution is 5.43. The lowest BCUT2D eigenvalue weighted by Gasteiger charge is -1.95. The first-order valence-corrected chi connectivity index (χ1v) is 4.44. The molecular formula is C10H10N4. The molecule has 0 aromatic carbocycles. The molecule has 0 bridgehead atoms. The Hall–Kier alpha value is -1.84. The highest BCUT2D eigenvalue weighted by atomic mass is 15.4. The molecule has 0 fully saturated rings. The van der Waals surface area contributed by atoms with E-state index in [4.69, 9.17) is 0 Å². The Labute approximate surface area is 81.2 Å².